The van der Waals surface area contributed by atoms with Gasteiger partial charge >= 0.3 is 17.3 Å². The van der Waals surface area contributed by atoms with Crippen LogP contribution in [-0.2, 0) is 29.0 Å². The van der Waals surface area contributed by atoms with Crippen LogP contribution in [-0.4, -0.2) is 33.3 Å². The van der Waals surface area contributed by atoms with Gasteiger partial charge in [-0.2, -0.15) is 4.98 Å². The van der Waals surface area contributed by atoms with Crippen molar-refractivity contribution in [3.05, 3.63) is 80.1 Å². The lowest BCUT2D eigenvalue weighted by atomic mass is 10.1. The molecule has 3 aromatic rings. The number of nitrogens with zero attached hydrogens (tertiary/aromatic N) is 3. The van der Waals surface area contributed by atoms with E-state index in [0.29, 0.717) is 5.69 Å². The monoisotopic (exact) mass is 494 g/mol. The van der Waals surface area contributed by atoms with Crippen LogP contribution in [0.25, 0.3) is 0 Å². The number of aryl methyl sites for hydroxylation is 2. The van der Waals surface area contributed by atoms with Crippen LogP contribution < -0.4 is 21.4 Å². The molecular weight excluding hydrogens is 460 g/mol. The summed E-state index contributed by atoms with van der Waals surface area (Å²) in [5, 5.41) is 3.15. The Morgan fingerprint density at radius 2 is 1.75 bits per heavy atom. The van der Waals surface area contributed by atoms with Crippen molar-refractivity contribution in [2.45, 2.75) is 60.2 Å². The quantitative estimate of drug-likeness (QED) is 0.429. The van der Waals surface area contributed by atoms with Gasteiger partial charge in [0.25, 0.3) is 0 Å². The van der Waals surface area contributed by atoms with Gasteiger partial charge in [-0.3, -0.25) is 9.36 Å². The molecule has 2 aromatic carbocycles. The first kappa shape index (κ1) is 26.7. The fourth-order valence-electron chi connectivity index (χ4n) is 3.78. The highest BCUT2D eigenvalue weighted by Gasteiger charge is 2.20. The first-order valence-electron chi connectivity index (χ1n) is 12.0. The van der Waals surface area contributed by atoms with Crippen molar-refractivity contribution in [2.24, 2.45) is 5.92 Å². The fourth-order valence-corrected chi connectivity index (χ4v) is 3.78. The van der Waals surface area contributed by atoms with E-state index in [9.17, 15) is 14.4 Å². The molecule has 1 atom stereocenters. The fraction of sp³-hybridized carbons (Fsp3) is 0.407. The number of carbonyl (C=O) groups excluding carboxylic acids is 1. The molecule has 1 heterocycles. The minimum atomic E-state index is -0.742. The van der Waals surface area contributed by atoms with E-state index < -0.39 is 23.3 Å². The Morgan fingerprint density at radius 3 is 2.36 bits per heavy atom. The molecule has 0 aliphatic carbocycles. The van der Waals surface area contributed by atoms with E-state index in [1.54, 1.807) is 6.92 Å². The number of anilines is 2. The summed E-state index contributed by atoms with van der Waals surface area (Å²) in [6, 6.07) is 13.4. The first-order chi connectivity index (χ1) is 17.1. The van der Waals surface area contributed by atoms with Crippen molar-refractivity contribution in [2.75, 3.05) is 12.4 Å². The van der Waals surface area contributed by atoms with Gasteiger partial charge in [0.1, 0.15) is 5.75 Å². The smallest absolute Gasteiger partial charge is 0.354 e. The van der Waals surface area contributed by atoms with E-state index in [-0.39, 0.29) is 25.1 Å². The molecule has 192 valence electrons. The molecule has 9 nitrogen and oxygen atoms in total. The maximum atomic E-state index is 13.5. The Kier molecular flexibility index (Phi) is 8.68. The van der Waals surface area contributed by atoms with Gasteiger partial charge in [-0.1, -0.05) is 43.7 Å². The van der Waals surface area contributed by atoms with Crippen LogP contribution in [0.3, 0.4) is 0 Å². The SMILES string of the molecule is CCc1cc(Nc2nc(=O)n(CC(C)C(=O)OC)c(=O)n2Cc2ccc(C)cc2)ccc1OC(C)C. The number of benzene rings is 2. The van der Waals surface area contributed by atoms with Crippen molar-refractivity contribution in [1.82, 2.24) is 14.1 Å². The van der Waals surface area contributed by atoms with Gasteiger partial charge in [0.15, 0.2) is 0 Å². The summed E-state index contributed by atoms with van der Waals surface area (Å²) < 4.78 is 13.0. The van der Waals surface area contributed by atoms with E-state index in [1.165, 1.54) is 11.7 Å². The van der Waals surface area contributed by atoms with E-state index in [4.69, 9.17) is 9.47 Å². The summed E-state index contributed by atoms with van der Waals surface area (Å²) in [5.41, 5.74) is 2.32. The lowest BCUT2D eigenvalue weighted by Gasteiger charge is -2.18. The zero-order chi connectivity index (χ0) is 26.4. The number of carbonyl (C=O) groups is 1. The summed E-state index contributed by atoms with van der Waals surface area (Å²) >= 11 is 0. The normalized spacial score (nSPS) is 11.9. The number of hydrogen-bond acceptors (Lipinski definition) is 7. The second kappa shape index (κ2) is 11.7. The molecule has 9 heteroatoms. The minimum absolute atomic E-state index is 0.0374. The number of nitrogens with one attached hydrogen (secondary N) is 1. The van der Waals surface area contributed by atoms with Crippen LogP contribution in [0.2, 0.25) is 0 Å². The highest BCUT2D eigenvalue weighted by atomic mass is 16.5. The standard InChI is InChI=1S/C27H34N4O5/c1-7-21-14-22(12-13-23(21)36-17(2)3)28-25-29-26(33)31(15-19(5)24(32)35-6)27(34)30(25)16-20-10-8-18(4)9-11-20/h8-14,17,19H,7,15-16H2,1-6H3,(H,28,29,33). The van der Waals surface area contributed by atoms with Crippen LogP contribution in [0.4, 0.5) is 11.6 Å². The number of hydrogen-bond donors (Lipinski definition) is 1. The predicted molar refractivity (Wildman–Crippen MR) is 139 cm³/mol. The predicted octanol–water partition coefficient (Wildman–Crippen LogP) is 3.66. The summed E-state index contributed by atoms with van der Waals surface area (Å²) in [6.07, 6.45) is 0.782. The maximum absolute atomic E-state index is 13.5. The third kappa shape index (κ3) is 6.41. The molecule has 0 saturated carbocycles. The average Bonchev–Trinajstić information content (AvgIpc) is 2.85. The summed E-state index contributed by atoms with van der Waals surface area (Å²) in [6.45, 7) is 9.60. The van der Waals surface area contributed by atoms with Gasteiger partial charge < -0.3 is 14.8 Å². The molecule has 36 heavy (non-hydrogen) atoms. The first-order valence-corrected chi connectivity index (χ1v) is 12.0. The molecular formula is C27H34N4O5. The molecule has 0 aliphatic heterocycles. The Bertz CT molecular complexity index is 1330. The van der Waals surface area contributed by atoms with Gasteiger partial charge in [0.2, 0.25) is 5.95 Å². The van der Waals surface area contributed by atoms with Crippen molar-refractivity contribution in [3.63, 3.8) is 0 Å². The molecule has 0 amide bonds. The largest absolute Gasteiger partial charge is 0.491 e. The molecule has 0 saturated heterocycles. The Balaban J connectivity index is 2.06. The van der Waals surface area contributed by atoms with Crippen LogP contribution in [0.15, 0.2) is 52.1 Å². The van der Waals surface area contributed by atoms with Crippen LogP contribution in [0, 0.1) is 12.8 Å². The molecule has 0 fully saturated rings. The van der Waals surface area contributed by atoms with E-state index in [0.717, 1.165) is 33.4 Å². The molecule has 0 bridgehead atoms. The van der Waals surface area contributed by atoms with E-state index in [1.807, 2.05) is 70.2 Å². The molecule has 0 aliphatic rings. The lowest BCUT2D eigenvalue weighted by molar-refractivity contribution is -0.145. The minimum Gasteiger partial charge on any atom is -0.491 e. The number of aromatic nitrogens is 3. The molecule has 3 rings (SSSR count). The van der Waals surface area contributed by atoms with Gasteiger partial charge in [-0.05, 0) is 56.5 Å². The van der Waals surface area contributed by atoms with E-state index in [2.05, 4.69) is 10.3 Å². The van der Waals surface area contributed by atoms with Crippen molar-refractivity contribution in [3.8, 4) is 5.75 Å². The number of esters is 1. The van der Waals surface area contributed by atoms with E-state index >= 15 is 0 Å². The summed E-state index contributed by atoms with van der Waals surface area (Å²) in [4.78, 5) is 42.5. The summed E-state index contributed by atoms with van der Waals surface area (Å²) in [7, 11) is 1.27. The molecule has 0 radical (unpaired) electrons. The highest BCUT2D eigenvalue weighted by molar-refractivity contribution is 5.71. The molecule has 0 spiro atoms. The maximum Gasteiger partial charge on any atom is 0.354 e. The molecule has 1 unspecified atom stereocenters. The second-order valence-corrected chi connectivity index (χ2v) is 9.07. The van der Waals surface area contributed by atoms with Crippen molar-refractivity contribution in [1.29, 1.82) is 0 Å². The second-order valence-electron chi connectivity index (χ2n) is 9.07. The van der Waals surface area contributed by atoms with Gasteiger partial charge in [-0.25, -0.2) is 14.2 Å². The average molecular weight is 495 g/mol. The Labute approximate surface area is 210 Å². The van der Waals surface area contributed by atoms with Gasteiger partial charge in [-0.15, -0.1) is 0 Å². The van der Waals surface area contributed by atoms with Gasteiger partial charge in [0, 0.05) is 12.2 Å². The zero-order valence-electron chi connectivity index (χ0n) is 21.7. The number of ether oxygens (including phenoxy) is 2. The molecule has 1 N–H and O–H groups in total. The third-order valence-corrected chi connectivity index (χ3v) is 5.73. The lowest BCUT2D eigenvalue weighted by Crippen LogP contribution is -2.44. The third-order valence-electron chi connectivity index (χ3n) is 5.73. The Morgan fingerprint density at radius 1 is 1.06 bits per heavy atom. The van der Waals surface area contributed by atoms with Crippen LogP contribution in [0.1, 0.15) is 44.4 Å². The topological polar surface area (TPSA) is 104 Å². The Hall–Kier alpha value is -3.88. The van der Waals surface area contributed by atoms with Crippen LogP contribution >= 0.6 is 0 Å². The summed E-state index contributed by atoms with van der Waals surface area (Å²) in [5.74, 6) is -0.291. The highest BCUT2D eigenvalue weighted by Crippen LogP contribution is 2.26. The molecule has 1 aromatic heterocycles. The van der Waals surface area contributed by atoms with Crippen molar-refractivity contribution >= 4 is 17.6 Å². The number of methoxy groups -OCH3 is 1. The number of rotatable bonds is 10. The van der Waals surface area contributed by atoms with Crippen molar-refractivity contribution < 1.29 is 14.3 Å². The van der Waals surface area contributed by atoms with Crippen LogP contribution in [0.5, 0.6) is 5.75 Å². The van der Waals surface area contributed by atoms with Gasteiger partial charge in [0.05, 0.1) is 25.7 Å². The zero-order valence-corrected chi connectivity index (χ0v) is 21.7.